The smallest absolute Gasteiger partial charge is 0.132 e. The third-order valence-corrected chi connectivity index (χ3v) is 3.43. The van der Waals surface area contributed by atoms with E-state index in [2.05, 4.69) is 48.5 Å². The van der Waals surface area contributed by atoms with E-state index in [0.29, 0.717) is 0 Å². The molecule has 4 nitrogen and oxygen atoms in total. The van der Waals surface area contributed by atoms with Gasteiger partial charge in [-0.3, -0.25) is 0 Å². The van der Waals surface area contributed by atoms with E-state index in [-0.39, 0.29) is 0 Å². The fraction of sp³-hybridized carbons (Fsp3) is 0.417. The average Bonchev–Trinajstić information content (AvgIpc) is 2.82. The van der Waals surface area contributed by atoms with Crippen LogP contribution in [0.3, 0.4) is 0 Å². The van der Waals surface area contributed by atoms with Crippen molar-refractivity contribution in [1.82, 2.24) is 15.0 Å². The van der Waals surface area contributed by atoms with Gasteiger partial charge in [-0.05, 0) is 22.4 Å². The van der Waals surface area contributed by atoms with Crippen molar-refractivity contribution in [1.29, 1.82) is 0 Å². The maximum atomic E-state index is 4.47. The van der Waals surface area contributed by atoms with Gasteiger partial charge in [0, 0.05) is 30.8 Å². The van der Waals surface area contributed by atoms with Crippen LogP contribution in [0.4, 0.5) is 5.82 Å². The van der Waals surface area contributed by atoms with Gasteiger partial charge in [0.05, 0.1) is 11.2 Å². The van der Waals surface area contributed by atoms with E-state index in [1.807, 2.05) is 11.6 Å². The number of aromatic nitrogens is 3. The molecule has 1 N–H and O–H groups in total. The Labute approximate surface area is 119 Å². The van der Waals surface area contributed by atoms with Crippen LogP contribution in [0.25, 0.3) is 0 Å². The van der Waals surface area contributed by atoms with Crippen LogP contribution < -0.4 is 5.32 Å². The van der Waals surface area contributed by atoms with Gasteiger partial charge in [0.1, 0.15) is 16.2 Å². The number of halogens is 1. The van der Waals surface area contributed by atoms with Crippen LogP contribution in [0.5, 0.6) is 0 Å². The van der Waals surface area contributed by atoms with E-state index in [1.54, 1.807) is 11.3 Å². The van der Waals surface area contributed by atoms with Crippen molar-refractivity contribution in [3.8, 4) is 0 Å². The molecule has 0 aromatic carbocycles. The Kier molecular flexibility index (Phi) is 5.07. The molecule has 0 unspecified atom stereocenters. The van der Waals surface area contributed by atoms with Gasteiger partial charge in [-0.2, -0.15) is 0 Å². The second-order valence-corrected chi connectivity index (χ2v) is 5.43. The summed E-state index contributed by atoms with van der Waals surface area (Å²) in [6.45, 7) is 2.96. The average molecular weight is 327 g/mol. The van der Waals surface area contributed by atoms with E-state index in [4.69, 9.17) is 0 Å². The van der Waals surface area contributed by atoms with Crippen molar-refractivity contribution in [2.24, 2.45) is 0 Å². The number of nitrogens with zero attached hydrogens (tertiary/aromatic N) is 3. The predicted octanol–water partition coefficient (Wildman–Crippen LogP) is 3.30. The molecule has 0 saturated heterocycles. The molecule has 0 aliphatic carbocycles. The largest absolute Gasteiger partial charge is 0.370 e. The minimum Gasteiger partial charge on any atom is -0.370 e. The van der Waals surface area contributed by atoms with E-state index < -0.39 is 0 Å². The molecular formula is C12H15BrN4S. The summed E-state index contributed by atoms with van der Waals surface area (Å²) in [5, 5.41) is 5.38. The van der Waals surface area contributed by atoms with Gasteiger partial charge in [0.2, 0.25) is 0 Å². The fourth-order valence-electron chi connectivity index (χ4n) is 1.57. The van der Waals surface area contributed by atoms with Gasteiger partial charge in [-0.25, -0.2) is 15.0 Å². The maximum absolute atomic E-state index is 4.47. The number of rotatable bonds is 6. The highest BCUT2D eigenvalue weighted by atomic mass is 79.9. The Morgan fingerprint density at radius 3 is 2.94 bits per heavy atom. The minimum absolute atomic E-state index is 0.831. The Morgan fingerprint density at radius 2 is 2.22 bits per heavy atom. The van der Waals surface area contributed by atoms with Gasteiger partial charge >= 0.3 is 0 Å². The Morgan fingerprint density at radius 1 is 1.33 bits per heavy atom. The summed E-state index contributed by atoms with van der Waals surface area (Å²) >= 11 is 5.04. The highest BCUT2D eigenvalue weighted by molar-refractivity contribution is 9.10. The number of hydrogen-bond donors (Lipinski definition) is 1. The van der Waals surface area contributed by atoms with Crippen LogP contribution in [0.1, 0.15) is 24.9 Å². The SMILES string of the molecule is CCCc1nc(Br)cc(NCCc2cscn2)n1. The molecule has 2 aromatic rings. The molecule has 0 amide bonds. The zero-order valence-electron chi connectivity index (χ0n) is 10.2. The topological polar surface area (TPSA) is 50.7 Å². The van der Waals surface area contributed by atoms with E-state index in [9.17, 15) is 0 Å². The first-order valence-electron chi connectivity index (χ1n) is 5.92. The van der Waals surface area contributed by atoms with Crippen LogP contribution in [0.2, 0.25) is 0 Å². The van der Waals surface area contributed by atoms with Gasteiger partial charge in [0.15, 0.2) is 0 Å². The zero-order chi connectivity index (χ0) is 12.8. The third kappa shape index (κ3) is 4.03. The summed E-state index contributed by atoms with van der Waals surface area (Å²) in [6.07, 6.45) is 2.86. The molecule has 0 fully saturated rings. The molecule has 2 aromatic heterocycles. The van der Waals surface area contributed by atoms with E-state index >= 15 is 0 Å². The molecule has 0 bridgehead atoms. The molecule has 6 heteroatoms. The van der Waals surface area contributed by atoms with Crippen molar-refractivity contribution in [3.63, 3.8) is 0 Å². The third-order valence-electron chi connectivity index (χ3n) is 2.39. The molecule has 0 radical (unpaired) electrons. The number of thiazole rings is 1. The Balaban J connectivity index is 1.92. The monoisotopic (exact) mass is 326 g/mol. The summed E-state index contributed by atoms with van der Waals surface area (Å²) in [6, 6.07) is 1.90. The van der Waals surface area contributed by atoms with Crippen LogP contribution in [-0.4, -0.2) is 21.5 Å². The van der Waals surface area contributed by atoms with Crippen molar-refractivity contribution < 1.29 is 0 Å². The van der Waals surface area contributed by atoms with Gasteiger partial charge in [-0.15, -0.1) is 11.3 Å². The maximum Gasteiger partial charge on any atom is 0.132 e. The summed E-state index contributed by atoms with van der Waals surface area (Å²) in [7, 11) is 0. The normalized spacial score (nSPS) is 10.6. The van der Waals surface area contributed by atoms with Gasteiger partial charge in [-0.1, -0.05) is 6.92 Å². The molecule has 0 atom stereocenters. The number of nitrogens with one attached hydrogen (secondary N) is 1. The van der Waals surface area contributed by atoms with Crippen molar-refractivity contribution in [2.75, 3.05) is 11.9 Å². The molecule has 0 saturated carbocycles. The second kappa shape index (κ2) is 6.80. The van der Waals surface area contributed by atoms with Crippen LogP contribution >= 0.6 is 27.3 Å². The standard InChI is InChI=1S/C12H15BrN4S/c1-2-3-11-16-10(13)6-12(17-11)14-5-4-9-7-18-8-15-9/h6-8H,2-5H2,1H3,(H,14,16,17). The lowest BCUT2D eigenvalue weighted by molar-refractivity contribution is 0.827. The molecule has 0 aliphatic rings. The van der Waals surface area contributed by atoms with Crippen molar-refractivity contribution in [2.45, 2.75) is 26.2 Å². The highest BCUT2D eigenvalue weighted by Gasteiger charge is 2.02. The minimum atomic E-state index is 0.831. The lowest BCUT2D eigenvalue weighted by atomic mass is 10.3. The lowest BCUT2D eigenvalue weighted by Crippen LogP contribution is -2.08. The first-order chi connectivity index (χ1) is 8.78. The molecule has 18 heavy (non-hydrogen) atoms. The Hall–Kier alpha value is -1.01. The second-order valence-electron chi connectivity index (χ2n) is 3.90. The summed E-state index contributed by atoms with van der Waals surface area (Å²) in [5.74, 6) is 1.75. The fourth-order valence-corrected chi connectivity index (χ4v) is 2.58. The van der Waals surface area contributed by atoms with Gasteiger partial charge < -0.3 is 5.32 Å². The number of aryl methyl sites for hydroxylation is 1. The van der Waals surface area contributed by atoms with Crippen LogP contribution in [0.15, 0.2) is 21.6 Å². The molecule has 96 valence electrons. The van der Waals surface area contributed by atoms with E-state index in [0.717, 1.165) is 47.7 Å². The molecule has 2 heterocycles. The van der Waals surface area contributed by atoms with Gasteiger partial charge in [0.25, 0.3) is 0 Å². The number of anilines is 1. The van der Waals surface area contributed by atoms with Crippen molar-refractivity contribution in [3.05, 3.63) is 33.1 Å². The van der Waals surface area contributed by atoms with Crippen LogP contribution in [0, 0.1) is 0 Å². The number of hydrogen-bond acceptors (Lipinski definition) is 5. The highest BCUT2D eigenvalue weighted by Crippen LogP contribution is 2.13. The van der Waals surface area contributed by atoms with Crippen LogP contribution in [-0.2, 0) is 12.8 Å². The zero-order valence-corrected chi connectivity index (χ0v) is 12.6. The van der Waals surface area contributed by atoms with E-state index in [1.165, 1.54) is 0 Å². The molecule has 2 rings (SSSR count). The predicted molar refractivity (Wildman–Crippen MR) is 78.0 cm³/mol. The first kappa shape index (κ1) is 13.4. The lowest BCUT2D eigenvalue weighted by Gasteiger charge is -2.06. The summed E-state index contributed by atoms with van der Waals surface area (Å²) in [4.78, 5) is 13.1. The molecular weight excluding hydrogens is 312 g/mol. The summed E-state index contributed by atoms with van der Waals surface area (Å²) in [5.41, 5.74) is 2.98. The summed E-state index contributed by atoms with van der Waals surface area (Å²) < 4.78 is 0.831. The van der Waals surface area contributed by atoms with Crippen molar-refractivity contribution >= 4 is 33.1 Å². The molecule has 0 spiro atoms. The quantitative estimate of drug-likeness (QED) is 0.827. The molecule has 0 aliphatic heterocycles. The Bertz CT molecular complexity index is 487. The first-order valence-corrected chi connectivity index (χ1v) is 7.66.